The van der Waals surface area contributed by atoms with Crippen molar-refractivity contribution in [2.75, 3.05) is 0 Å². The lowest BCUT2D eigenvalue weighted by molar-refractivity contribution is 0.0988. The highest BCUT2D eigenvalue weighted by molar-refractivity contribution is 8.13. The zero-order valence-corrected chi connectivity index (χ0v) is 11.4. The molecule has 4 nitrogen and oxygen atoms in total. The Morgan fingerprint density at radius 1 is 1.11 bits per heavy atom. The first-order valence-electron chi connectivity index (χ1n) is 5.44. The van der Waals surface area contributed by atoms with Gasteiger partial charge >= 0.3 is 0 Å². The first-order valence-corrected chi connectivity index (χ1v) is 7.75. The molecule has 0 fully saturated rings. The third-order valence-corrected chi connectivity index (χ3v) is 3.89. The number of halogens is 1. The first kappa shape index (κ1) is 13.7. The minimum absolute atomic E-state index is 0.0169. The lowest BCUT2D eigenvalue weighted by atomic mass is 10.1. The number of ketones is 1. The Bertz CT molecular complexity index is 682. The van der Waals surface area contributed by atoms with Crippen molar-refractivity contribution in [1.29, 1.82) is 0 Å². The highest BCUT2D eigenvalue weighted by Gasteiger charge is 2.11. The predicted octanol–water partition coefficient (Wildman–Crippen LogP) is 2.43. The second kappa shape index (κ2) is 5.50. The van der Waals surface area contributed by atoms with E-state index in [-0.39, 0.29) is 17.1 Å². The van der Waals surface area contributed by atoms with E-state index >= 15 is 0 Å². The van der Waals surface area contributed by atoms with Crippen molar-refractivity contribution < 1.29 is 13.2 Å². The number of nitrogens with zero attached hydrogens (tertiary/aromatic N) is 1. The van der Waals surface area contributed by atoms with Crippen molar-refractivity contribution in [3.05, 3.63) is 59.9 Å². The lowest BCUT2D eigenvalue weighted by Gasteiger charge is -2.02. The van der Waals surface area contributed by atoms with Crippen molar-refractivity contribution in [3.63, 3.8) is 0 Å². The standard InChI is InChI=1S/C13H10ClNO3S/c14-19(17,18)11-6-4-10(5-7-11)9-13(16)12-3-1-2-8-15-12/h1-8H,9H2. The van der Waals surface area contributed by atoms with Gasteiger partial charge in [0.2, 0.25) is 0 Å². The molecule has 0 saturated heterocycles. The Morgan fingerprint density at radius 3 is 2.32 bits per heavy atom. The summed E-state index contributed by atoms with van der Waals surface area (Å²) in [6, 6.07) is 11.0. The number of Topliss-reactive ketones (excluding diaryl/α,β-unsaturated/α-hetero) is 1. The SMILES string of the molecule is O=C(Cc1ccc(S(=O)(=O)Cl)cc1)c1ccccn1. The topological polar surface area (TPSA) is 64.1 Å². The van der Waals surface area contributed by atoms with Crippen LogP contribution in [0.1, 0.15) is 16.1 Å². The van der Waals surface area contributed by atoms with E-state index in [2.05, 4.69) is 4.98 Å². The summed E-state index contributed by atoms with van der Waals surface area (Å²) >= 11 is 0. The summed E-state index contributed by atoms with van der Waals surface area (Å²) in [5, 5.41) is 0. The Hall–Kier alpha value is -1.72. The van der Waals surface area contributed by atoms with Crippen LogP contribution in [0.25, 0.3) is 0 Å². The number of hydrogen-bond donors (Lipinski definition) is 0. The van der Waals surface area contributed by atoms with Crippen molar-refractivity contribution in [1.82, 2.24) is 4.98 Å². The molecule has 0 aliphatic heterocycles. The smallest absolute Gasteiger partial charge is 0.261 e. The maximum absolute atomic E-state index is 11.9. The second-order valence-corrected chi connectivity index (χ2v) is 6.46. The van der Waals surface area contributed by atoms with Crippen LogP contribution in [0.15, 0.2) is 53.6 Å². The van der Waals surface area contributed by atoms with Crippen molar-refractivity contribution >= 4 is 25.5 Å². The van der Waals surface area contributed by atoms with Crippen LogP contribution in [-0.4, -0.2) is 19.2 Å². The summed E-state index contributed by atoms with van der Waals surface area (Å²) < 4.78 is 22.2. The van der Waals surface area contributed by atoms with Gasteiger partial charge in [0.15, 0.2) is 5.78 Å². The molecule has 2 rings (SSSR count). The van der Waals surface area contributed by atoms with E-state index in [1.807, 2.05) is 0 Å². The molecule has 6 heteroatoms. The summed E-state index contributed by atoms with van der Waals surface area (Å²) in [5.74, 6) is -0.123. The van der Waals surface area contributed by atoms with Crippen LogP contribution in [-0.2, 0) is 15.5 Å². The van der Waals surface area contributed by atoms with Crippen LogP contribution in [0.5, 0.6) is 0 Å². The van der Waals surface area contributed by atoms with E-state index in [0.717, 1.165) is 0 Å². The van der Waals surface area contributed by atoms with Crippen LogP contribution < -0.4 is 0 Å². The van der Waals surface area contributed by atoms with Gasteiger partial charge in [0.1, 0.15) is 5.69 Å². The largest absolute Gasteiger partial charge is 0.292 e. The van der Waals surface area contributed by atoms with E-state index in [9.17, 15) is 13.2 Å². The zero-order chi connectivity index (χ0) is 13.9. The summed E-state index contributed by atoms with van der Waals surface area (Å²) in [5.41, 5.74) is 1.09. The molecule has 0 aliphatic carbocycles. The van der Waals surface area contributed by atoms with Crippen LogP contribution in [0.2, 0.25) is 0 Å². The quantitative estimate of drug-likeness (QED) is 0.642. The molecule has 19 heavy (non-hydrogen) atoms. The second-order valence-electron chi connectivity index (χ2n) is 3.90. The highest BCUT2D eigenvalue weighted by Crippen LogP contribution is 2.16. The van der Waals surface area contributed by atoms with E-state index < -0.39 is 9.05 Å². The molecule has 98 valence electrons. The number of benzene rings is 1. The van der Waals surface area contributed by atoms with Gasteiger partial charge in [-0.2, -0.15) is 0 Å². The summed E-state index contributed by atoms with van der Waals surface area (Å²) in [6.07, 6.45) is 1.72. The van der Waals surface area contributed by atoms with Gasteiger partial charge in [-0.05, 0) is 29.8 Å². The van der Waals surface area contributed by atoms with E-state index in [4.69, 9.17) is 10.7 Å². The van der Waals surface area contributed by atoms with Crippen LogP contribution in [0, 0.1) is 0 Å². The third-order valence-electron chi connectivity index (χ3n) is 2.52. The Balaban J connectivity index is 2.15. The van der Waals surface area contributed by atoms with Gasteiger partial charge < -0.3 is 0 Å². The molecular formula is C13H10ClNO3S. The summed E-state index contributed by atoms with van der Waals surface area (Å²) in [4.78, 5) is 15.9. The first-order chi connectivity index (χ1) is 8.97. The number of hydrogen-bond acceptors (Lipinski definition) is 4. The fraction of sp³-hybridized carbons (Fsp3) is 0.0769. The fourth-order valence-corrected chi connectivity index (χ4v) is 2.34. The molecular weight excluding hydrogens is 286 g/mol. The molecule has 1 heterocycles. The number of pyridine rings is 1. The number of aromatic nitrogens is 1. The van der Waals surface area contributed by atoms with E-state index in [1.165, 1.54) is 12.1 Å². The van der Waals surface area contributed by atoms with Gasteiger partial charge in [0.05, 0.1) is 4.90 Å². The monoisotopic (exact) mass is 295 g/mol. The molecule has 1 aromatic carbocycles. The Labute approximate surface area is 115 Å². The number of carbonyl (C=O) groups is 1. The lowest BCUT2D eigenvalue weighted by Crippen LogP contribution is -2.05. The average Bonchev–Trinajstić information content (AvgIpc) is 2.39. The van der Waals surface area contributed by atoms with Gasteiger partial charge in [-0.1, -0.05) is 18.2 Å². The Morgan fingerprint density at radius 2 is 1.79 bits per heavy atom. The van der Waals surface area contributed by atoms with Crippen molar-refractivity contribution in [3.8, 4) is 0 Å². The number of carbonyl (C=O) groups excluding carboxylic acids is 1. The molecule has 0 unspecified atom stereocenters. The van der Waals surface area contributed by atoms with Crippen LogP contribution in [0.3, 0.4) is 0 Å². The van der Waals surface area contributed by atoms with Gasteiger partial charge in [-0.25, -0.2) is 8.42 Å². The molecule has 0 amide bonds. The molecule has 0 atom stereocenters. The summed E-state index contributed by atoms with van der Waals surface area (Å²) in [6.45, 7) is 0. The minimum Gasteiger partial charge on any atom is -0.292 e. The van der Waals surface area contributed by atoms with Gasteiger partial charge in [0.25, 0.3) is 9.05 Å². The maximum Gasteiger partial charge on any atom is 0.261 e. The molecule has 2 aromatic rings. The predicted molar refractivity (Wildman–Crippen MR) is 71.8 cm³/mol. The van der Waals surface area contributed by atoms with Crippen molar-refractivity contribution in [2.45, 2.75) is 11.3 Å². The van der Waals surface area contributed by atoms with E-state index in [1.54, 1.807) is 36.5 Å². The van der Waals surface area contributed by atoms with Crippen LogP contribution >= 0.6 is 10.7 Å². The van der Waals surface area contributed by atoms with Crippen molar-refractivity contribution in [2.24, 2.45) is 0 Å². The molecule has 0 aliphatic rings. The third kappa shape index (κ3) is 3.62. The fourth-order valence-electron chi connectivity index (χ4n) is 1.57. The average molecular weight is 296 g/mol. The highest BCUT2D eigenvalue weighted by atomic mass is 35.7. The normalized spacial score (nSPS) is 11.2. The molecule has 0 saturated carbocycles. The Kier molecular flexibility index (Phi) is 3.97. The van der Waals surface area contributed by atoms with E-state index in [0.29, 0.717) is 11.3 Å². The minimum atomic E-state index is -3.73. The van der Waals surface area contributed by atoms with Crippen LogP contribution in [0.4, 0.5) is 0 Å². The molecule has 0 bridgehead atoms. The zero-order valence-electron chi connectivity index (χ0n) is 9.78. The van der Waals surface area contributed by atoms with Gasteiger partial charge in [-0.15, -0.1) is 0 Å². The molecule has 0 spiro atoms. The molecule has 0 N–H and O–H groups in total. The number of rotatable bonds is 4. The molecule has 1 aromatic heterocycles. The molecule has 0 radical (unpaired) electrons. The van der Waals surface area contributed by atoms with Gasteiger partial charge in [-0.3, -0.25) is 9.78 Å². The maximum atomic E-state index is 11.9. The summed E-state index contributed by atoms with van der Waals surface area (Å²) in [7, 11) is 1.48. The van der Waals surface area contributed by atoms with Gasteiger partial charge in [0, 0.05) is 23.3 Å².